The van der Waals surface area contributed by atoms with Crippen molar-refractivity contribution in [1.82, 2.24) is 5.32 Å². The van der Waals surface area contributed by atoms with Gasteiger partial charge in [0.1, 0.15) is 17.4 Å². The highest BCUT2D eigenvalue weighted by atomic mass is 16.6. The zero-order chi connectivity index (χ0) is 12.6. The Morgan fingerprint density at radius 3 is 2.50 bits per heavy atom. The largest absolute Gasteiger partial charge is 0.459 e. The number of carbonyl (C=O) groups is 2. The SMILES string of the molecule is CC(C)(C)OC(=O)C1NCCC(=O)C1(C)C. The first-order valence-corrected chi connectivity index (χ1v) is 5.64. The number of hydrogen-bond donors (Lipinski definition) is 1. The number of nitrogens with one attached hydrogen (secondary N) is 1. The molecular formula is C12H21NO3. The van der Waals surface area contributed by atoms with Crippen molar-refractivity contribution in [3.8, 4) is 0 Å². The molecule has 1 atom stereocenters. The summed E-state index contributed by atoms with van der Waals surface area (Å²) in [6.07, 6.45) is 0.478. The molecule has 0 saturated carbocycles. The summed E-state index contributed by atoms with van der Waals surface area (Å²) in [7, 11) is 0. The molecule has 1 aliphatic heterocycles. The van der Waals surface area contributed by atoms with Crippen molar-refractivity contribution in [2.24, 2.45) is 5.41 Å². The second kappa shape index (κ2) is 4.17. The Labute approximate surface area is 96.7 Å². The molecule has 1 rings (SSSR count). The molecule has 0 amide bonds. The lowest BCUT2D eigenvalue weighted by molar-refractivity contribution is -0.164. The number of rotatable bonds is 1. The third-order valence-corrected chi connectivity index (χ3v) is 2.78. The molecule has 0 radical (unpaired) electrons. The number of Topliss-reactive ketones (excluding diaryl/α,β-unsaturated/α-hetero) is 1. The summed E-state index contributed by atoms with van der Waals surface area (Å²) in [5.74, 6) is -0.229. The topological polar surface area (TPSA) is 55.4 Å². The number of hydrogen-bond acceptors (Lipinski definition) is 4. The highest BCUT2D eigenvalue weighted by Crippen LogP contribution is 2.28. The first-order valence-electron chi connectivity index (χ1n) is 5.64. The molecule has 0 aliphatic carbocycles. The van der Waals surface area contributed by atoms with E-state index in [2.05, 4.69) is 5.32 Å². The molecule has 0 aromatic rings. The highest BCUT2D eigenvalue weighted by molar-refractivity contribution is 5.92. The van der Waals surface area contributed by atoms with Crippen LogP contribution in [0.5, 0.6) is 0 Å². The Balaban J connectivity index is 2.79. The number of ketones is 1. The summed E-state index contributed by atoms with van der Waals surface area (Å²) in [5, 5.41) is 3.07. The van der Waals surface area contributed by atoms with E-state index in [9.17, 15) is 9.59 Å². The van der Waals surface area contributed by atoms with Crippen LogP contribution in [0.25, 0.3) is 0 Å². The van der Waals surface area contributed by atoms with Crippen LogP contribution >= 0.6 is 0 Å². The van der Waals surface area contributed by atoms with Gasteiger partial charge < -0.3 is 10.1 Å². The van der Waals surface area contributed by atoms with Crippen LogP contribution in [-0.2, 0) is 14.3 Å². The Kier molecular flexibility index (Phi) is 3.43. The zero-order valence-corrected chi connectivity index (χ0v) is 10.7. The molecule has 4 nitrogen and oxygen atoms in total. The molecule has 16 heavy (non-hydrogen) atoms. The first-order chi connectivity index (χ1) is 7.14. The minimum absolute atomic E-state index is 0.113. The number of esters is 1. The molecular weight excluding hydrogens is 206 g/mol. The van der Waals surface area contributed by atoms with Crippen LogP contribution in [-0.4, -0.2) is 29.9 Å². The van der Waals surface area contributed by atoms with Gasteiger partial charge in [-0.15, -0.1) is 0 Å². The Bertz CT molecular complexity index is 302. The van der Waals surface area contributed by atoms with E-state index in [-0.39, 0.29) is 11.8 Å². The number of carbonyl (C=O) groups excluding carboxylic acids is 2. The first kappa shape index (κ1) is 13.2. The second-order valence-electron chi connectivity index (χ2n) is 5.82. The lowest BCUT2D eigenvalue weighted by atomic mass is 9.76. The lowest BCUT2D eigenvalue weighted by Crippen LogP contribution is -2.57. The van der Waals surface area contributed by atoms with Crippen LogP contribution in [0.15, 0.2) is 0 Å². The van der Waals surface area contributed by atoms with E-state index in [1.807, 2.05) is 20.8 Å². The molecule has 1 heterocycles. The standard InChI is InChI=1S/C12H21NO3/c1-11(2,3)16-10(15)9-12(4,5)8(14)6-7-13-9/h9,13H,6-7H2,1-5H3. The van der Waals surface area contributed by atoms with Gasteiger partial charge in [-0.25, -0.2) is 0 Å². The van der Waals surface area contributed by atoms with Crippen LogP contribution in [0.3, 0.4) is 0 Å². The van der Waals surface area contributed by atoms with Gasteiger partial charge >= 0.3 is 5.97 Å². The van der Waals surface area contributed by atoms with Crippen LogP contribution in [0.1, 0.15) is 41.0 Å². The van der Waals surface area contributed by atoms with E-state index in [1.54, 1.807) is 13.8 Å². The third-order valence-electron chi connectivity index (χ3n) is 2.78. The van der Waals surface area contributed by atoms with Crippen molar-refractivity contribution in [2.45, 2.75) is 52.7 Å². The maximum absolute atomic E-state index is 11.9. The van der Waals surface area contributed by atoms with Crippen LogP contribution in [0.4, 0.5) is 0 Å². The van der Waals surface area contributed by atoms with Gasteiger partial charge in [0, 0.05) is 18.4 Å². The second-order valence-corrected chi connectivity index (χ2v) is 5.82. The minimum atomic E-state index is -0.680. The van der Waals surface area contributed by atoms with Crippen molar-refractivity contribution in [3.63, 3.8) is 0 Å². The highest BCUT2D eigenvalue weighted by Gasteiger charge is 2.45. The van der Waals surface area contributed by atoms with Gasteiger partial charge in [0.15, 0.2) is 0 Å². The normalized spacial score (nSPS) is 25.3. The maximum atomic E-state index is 11.9. The van der Waals surface area contributed by atoms with Crippen LogP contribution < -0.4 is 5.32 Å². The lowest BCUT2D eigenvalue weighted by Gasteiger charge is -2.37. The fourth-order valence-electron chi connectivity index (χ4n) is 1.81. The van der Waals surface area contributed by atoms with Gasteiger partial charge in [0.2, 0.25) is 0 Å². The molecule has 0 bridgehead atoms. The Morgan fingerprint density at radius 2 is 2.00 bits per heavy atom. The van der Waals surface area contributed by atoms with Gasteiger partial charge in [-0.05, 0) is 20.8 Å². The molecule has 1 aliphatic rings. The average Bonchev–Trinajstić information content (AvgIpc) is 2.06. The predicted molar refractivity (Wildman–Crippen MR) is 61.0 cm³/mol. The molecule has 1 N–H and O–H groups in total. The van der Waals surface area contributed by atoms with Crippen molar-refractivity contribution >= 4 is 11.8 Å². The average molecular weight is 227 g/mol. The summed E-state index contributed by atoms with van der Waals surface area (Å²) >= 11 is 0. The van der Waals surface area contributed by atoms with Crippen LogP contribution in [0, 0.1) is 5.41 Å². The minimum Gasteiger partial charge on any atom is -0.459 e. The smallest absolute Gasteiger partial charge is 0.324 e. The molecule has 1 saturated heterocycles. The molecule has 0 spiro atoms. The fraction of sp³-hybridized carbons (Fsp3) is 0.833. The summed E-state index contributed by atoms with van der Waals surface area (Å²) in [6.45, 7) is 9.59. The van der Waals surface area contributed by atoms with Gasteiger partial charge in [-0.2, -0.15) is 0 Å². The van der Waals surface area contributed by atoms with Crippen LogP contribution in [0.2, 0.25) is 0 Å². The summed E-state index contributed by atoms with van der Waals surface area (Å²) in [5.41, 5.74) is -1.20. The Morgan fingerprint density at radius 1 is 1.44 bits per heavy atom. The summed E-state index contributed by atoms with van der Waals surface area (Å²) in [6, 6.07) is -0.534. The Hall–Kier alpha value is -0.900. The van der Waals surface area contributed by atoms with Gasteiger partial charge in [0.25, 0.3) is 0 Å². The quantitative estimate of drug-likeness (QED) is 0.686. The third kappa shape index (κ3) is 2.82. The molecule has 0 aromatic heterocycles. The predicted octanol–water partition coefficient (Wildman–Crippen LogP) is 1.29. The van der Waals surface area contributed by atoms with Crippen molar-refractivity contribution < 1.29 is 14.3 Å². The van der Waals surface area contributed by atoms with E-state index in [0.717, 1.165) is 0 Å². The van der Waals surface area contributed by atoms with Gasteiger partial charge in [0.05, 0.1) is 0 Å². The summed E-state index contributed by atoms with van der Waals surface area (Å²) in [4.78, 5) is 23.7. The van der Waals surface area contributed by atoms with E-state index >= 15 is 0 Å². The monoisotopic (exact) mass is 227 g/mol. The number of ether oxygens (including phenoxy) is 1. The zero-order valence-electron chi connectivity index (χ0n) is 10.7. The van der Waals surface area contributed by atoms with E-state index in [0.29, 0.717) is 13.0 Å². The summed E-state index contributed by atoms with van der Waals surface area (Å²) < 4.78 is 5.31. The van der Waals surface area contributed by atoms with Crippen molar-refractivity contribution in [1.29, 1.82) is 0 Å². The molecule has 92 valence electrons. The molecule has 1 unspecified atom stereocenters. The molecule has 1 fully saturated rings. The van der Waals surface area contributed by atoms with Gasteiger partial charge in [-0.1, -0.05) is 13.8 Å². The molecule has 4 heteroatoms. The van der Waals surface area contributed by atoms with E-state index in [4.69, 9.17) is 4.74 Å². The number of piperidine rings is 1. The fourth-order valence-corrected chi connectivity index (χ4v) is 1.81. The van der Waals surface area contributed by atoms with E-state index < -0.39 is 17.1 Å². The van der Waals surface area contributed by atoms with Crippen molar-refractivity contribution in [3.05, 3.63) is 0 Å². The van der Waals surface area contributed by atoms with Gasteiger partial charge in [-0.3, -0.25) is 9.59 Å². The maximum Gasteiger partial charge on any atom is 0.324 e. The molecule has 0 aromatic carbocycles. The van der Waals surface area contributed by atoms with E-state index in [1.165, 1.54) is 0 Å². The van der Waals surface area contributed by atoms with Crippen molar-refractivity contribution in [2.75, 3.05) is 6.54 Å².